The largest absolute Gasteiger partial charge is 0.495 e. The molecule has 1 aliphatic rings. The Morgan fingerprint density at radius 2 is 1.88 bits per heavy atom. The molecule has 3 nitrogen and oxygen atoms in total. The standard InChI is InChI=1S/C13H20BNO2/c1-9-8-15-10(2)7-11(9)14-16-12(3,4)13(5,6)17-14/h7-8H,1-6H3/i1D3,2D3,7D,8D. The van der Waals surface area contributed by atoms with Gasteiger partial charge in [-0.2, -0.15) is 0 Å². The van der Waals surface area contributed by atoms with E-state index in [1.807, 2.05) is 0 Å². The fourth-order valence-corrected chi connectivity index (χ4v) is 1.53. The molecular formula is C13H20BNO2. The minimum absolute atomic E-state index is 0.273. The molecule has 1 saturated heterocycles. The lowest BCUT2D eigenvalue weighted by atomic mass is 9.76. The van der Waals surface area contributed by atoms with Crippen molar-refractivity contribution in [2.75, 3.05) is 0 Å². The molecule has 1 fully saturated rings. The molecule has 4 heteroatoms. The van der Waals surface area contributed by atoms with Gasteiger partial charge in [-0.05, 0) is 58.5 Å². The van der Waals surface area contributed by atoms with Gasteiger partial charge < -0.3 is 9.31 Å². The number of hydrogen-bond acceptors (Lipinski definition) is 3. The molecule has 1 aromatic heterocycles. The van der Waals surface area contributed by atoms with Crippen LogP contribution < -0.4 is 5.46 Å². The molecule has 0 spiro atoms. The molecule has 0 atom stereocenters. The quantitative estimate of drug-likeness (QED) is 0.705. The van der Waals surface area contributed by atoms with Crippen LogP contribution in [-0.2, 0) is 9.31 Å². The van der Waals surface area contributed by atoms with Gasteiger partial charge in [-0.25, -0.2) is 0 Å². The van der Waals surface area contributed by atoms with Crippen molar-refractivity contribution in [3.8, 4) is 0 Å². The van der Waals surface area contributed by atoms with Crippen LogP contribution in [0.25, 0.3) is 0 Å². The summed E-state index contributed by atoms with van der Waals surface area (Å²) in [5.41, 5.74) is -3.08. The molecule has 0 bridgehead atoms. The number of nitrogens with zero attached hydrogens (tertiary/aromatic N) is 1. The second-order valence-electron chi connectivity index (χ2n) is 5.07. The average molecular weight is 241 g/mol. The summed E-state index contributed by atoms with van der Waals surface area (Å²) < 4.78 is 73.3. The first-order valence-electron chi connectivity index (χ1n) is 9.37. The lowest BCUT2D eigenvalue weighted by Crippen LogP contribution is -2.41. The average Bonchev–Trinajstić information content (AvgIpc) is 2.57. The Morgan fingerprint density at radius 1 is 1.24 bits per heavy atom. The van der Waals surface area contributed by atoms with Crippen LogP contribution in [0.1, 0.15) is 49.9 Å². The Balaban J connectivity index is 2.77. The zero-order chi connectivity index (χ0) is 19.6. The molecule has 1 aliphatic heterocycles. The molecule has 0 aliphatic carbocycles. The van der Waals surface area contributed by atoms with Crippen molar-refractivity contribution in [1.29, 1.82) is 0 Å². The maximum absolute atomic E-state index is 8.23. The number of aromatic nitrogens is 1. The van der Waals surface area contributed by atoms with Gasteiger partial charge in [0, 0.05) is 20.1 Å². The van der Waals surface area contributed by atoms with Crippen LogP contribution in [-0.4, -0.2) is 23.3 Å². The zero-order valence-electron chi connectivity index (χ0n) is 18.3. The topological polar surface area (TPSA) is 31.4 Å². The zero-order valence-corrected chi connectivity index (χ0v) is 10.3. The van der Waals surface area contributed by atoms with E-state index < -0.39 is 55.5 Å². The number of hydrogen-bond donors (Lipinski definition) is 0. The summed E-state index contributed by atoms with van der Waals surface area (Å²) in [6.07, 6.45) is -0.716. The molecule has 1 aromatic rings. The minimum atomic E-state index is -2.77. The number of rotatable bonds is 1. The van der Waals surface area contributed by atoms with Crippen molar-refractivity contribution < 1.29 is 20.3 Å². The maximum Gasteiger partial charge on any atom is 0.495 e. The monoisotopic (exact) mass is 241 g/mol. The number of pyridine rings is 1. The van der Waals surface area contributed by atoms with Crippen LogP contribution in [0.5, 0.6) is 0 Å². The minimum Gasteiger partial charge on any atom is -0.399 e. The number of aryl methyl sites for hydroxylation is 1. The van der Waals surface area contributed by atoms with Crippen molar-refractivity contribution in [1.82, 2.24) is 4.98 Å². The Bertz CT molecular complexity index is 683. The first-order chi connectivity index (χ1) is 11.0. The maximum atomic E-state index is 8.23. The second-order valence-corrected chi connectivity index (χ2v) is 5.07. The Kier molecular flexibility index (Phi) is 1.31. The van der Waals surface area contributed by atoms with Crippen LogP contribution in [0.2, 0.25) is 0 Å². The molecule has 0 N–H and O–H groups in total. The van der Waals surface area contributed by atoms with E-state index in [4.69, 9.17) is 20.3 Å². The summed E-state index contributed by atoms with van der Waals surface area (Å²) in [6, 6.07) is -0.597. The normalized spacial score (nSPS) is 30.2. The molecule has 92 valence electrons. The molecule has 0 radical (unpaired) electrons. The SMILES string of the molecule is [2H]c1nc(C([2H])([2H])[2H])c([2H])c(B2OC(C)(C)C(C)(C)O2)c1C([2H])([2H])[2H]. The van der Waals surface area contributed by atoms with E-state index in [-0.39, 0.29) is 5.46 Å². The third-order valence-corrected chi connectivity index (χ3v) is 3.29. The van der Waals surface area contributed by atoms with E-state index in [9.17, 15) is 0 Å². The second kappa shape index (κ2) is 3.82. The van der Waals surface area contributed by atoms with E-state index in [0.29, 0.717) is 0 Å². The molecule has 0 amide bonds. The lowest BCUT2D eigenvalue weighted by Gasteiger charge is -2.32. The third kappa shape index (κ3) is 2.12. The van der Waals surface area contributed by atoms with Gasteiger partial charge in [0.25, 0.3) is 0 Å². The van der Waals surface area contributed by atoms with Gasteiger partial charge in [-0.3, -0.25) is 4.98 Å². The molecule has 0 aromatic carbocycles. The van der Waals surface area contributed by atoms with Crippen LogP contribution in [0.15, 0.2) is 12.2 Å². The third-order valence-electron chi connectivity index (χ3n) is 3.29. The summed E-state index contributed by atoms with van der Waals surface area (Å²) in [5, 5.41) is 0. The molecular weight excluding hydrogens is 213 g/mol. The molecule has 0 unspecified atom stereocenters. The van der Waals surface area contributed by atoms with Gasteiger partial charge in [0.15, 0.2) is 0 Å². The summed E-state index contributed by atoms with van der Waals surface area (Å²) in [4.78, 5) is 3.56. The van der Waals surface area contributed by atoms with Crippen LogP contribution in [0.4, 0.5) is 0 Å². The summed E-state index contributed by atoms with van der Waals surface area (Å²) in [6.45, 7) is 1.46. The summed E-state index contributed by atoms with van der Waals surface area (Å²) in [5.74, 6) is 0. The van der Waals surface area contributed by atoms with Gasteiger partial charge in [0.2, 0.25) is 0 Å². The predicted molar refractivity (Wildman–Crippen MR) is 69.4 cm³/mol. The highest BCUT2D eigenvalue weighted by Gasteiger charge is 2.52. The van der Waals surface area contributed by atoms with Crippen LogP contribution in [0, 0.1) is 13.7 Å². The first-order valence-corrected chi connectivity index (χ1v) is 5.37. The Morgan fingerprint density at radius 3 is 2.41 bits per heavy atom. The predicted octanol–water partition coefficient (Wildman–Crippen LogP) is 2.00. The first kappa shape index (κ1) is 5.85. The molecule has 17 heavy (non-hydrogen) atoms. The molecule has 2 rings (SSSR count). The van der Waals surface area contributed by atoms with E-state index in [1.54, 1.807) is 27.7 Å². The lowest BCUT2D eigenvalue weighted by molar-refractivity contribution is 0.00578. The van der Waals surface area contributed by atoms with Gasteiger partial charge >= 0.3 is 7.12 Å². The smallest absolute Gasteiger partial charge is 0.399 e. The van der Waals surface area contributed by atoms with E-state index in [1.165, 1.54) is 0 Å². The van der Waals surface area contributed by atoms with E-state index in [2.05, 4.69) is 4.98 Å². The van der Waals surface area contributed by atoms with Gasteiger partial charge in [-0.15, -0.1) is 0 Å². The van der Waals surface area contributed by atoms with Crippen molar-refractivity contribution >= 4 is 12.6 Å². The highest BCUT2D eigenvalue weighted by molar-refractivity contribution is 6.62. The summed E-state index contributed by atoms with van der Waals surface area (Å²) in [7, 11) is -1.28. The fraction of sp³-hybridized carbons (Fsp3) is 0.615. The molecule has 0 saturated carbocycles. The Labute approximate surface area is 115 Å². The van der Waals surface area contributed by atoms with E-state index in [0.717, 1.165) is 0 Å². The highest BCUT2D eigenvalue weighted by atomic mass is 16.7. The van der Waals surface area contributed by atoms with Crippen LogP contribution in [0.3, 0.4) is 0 Å². The van der Waals surface area contributed by atoms with E-state index >= 15 is 0 Å². The highest BCUT2D eigenvalue weighted by Crippen LogP contribution is 2.36. The van der Waals surface area contributed by atoms with Crippen molar-refractivity contribution in [2.24, 2.45) is 0 Å². The molecule has 2 heterocycles. The van der Waals surface area contributed by atoms with Crippen molar-refractivity contribution in [2.45, 2.75) is 52.6 Å². The van der Waals surface area contributed by atoms with Crippen molar-refractivity contribution in [3.05, 3.63) is 23.5 Å². The van der Waals surface area contributed by atoms with Crippen LogP contribution >= 0.6 is 0 Å². The Hall–Kier alpha value is -0.865. The summed E-state index contributed by atoms with van der Waals surface area (Å²) >= 11 is 0. The van der Waals surface area contributed by atoms with Gasteiger partial charge in [0.05, 0.1) is 13.9 Å². The van der Waals surface area contributed by atoms with Gasteiger partial charge in [-0.1, -0.05) is 0 Å². The fourth-order valence-electron chi connectivity index (χ4n) is 1.53. The van der Waals surface area contributed by atoms with Gasteiger partial charge in [0.1, 0.15) is 0 Å². The van der Waals surface area contributed by atoms with Crippen molar-refractivity contribution in [3.63, 3.8) is 0 Å².